The van der Waals surface area contributed by atoms with E-state index in [0.29, 0.717) is 19.1 Å². The van der Waals surface area contributed by atoms with Gasteiger partial charge in [-0.3, -0.25) is 9.69 Å². The monoisotopic (exact) mass is 365 g/mol. The fraction of sp³-hybridized carbons (Fsp3) is 0.500. The Morgan fingerprint density at radius 2 is 1.92 bits per heavy atom. The molecule has 0 heterocycles. The van der Waals surface area contributed by atoms with Gasteiger partial charge in [-0.1, -0.05) is 26.0 Å². The highest BCUT2D eigenvalue weighted by molar-refractivity contribution is 7.89. The minimum atomic E-state index is -3.44. The largest absolute Gasteiger partial charge is 0.351 e. The van der Waals surface area contributed by atoms with Gasteiger partial charge in [-0.05, 0) is 43.2 Å². The van der Waals surface area contributed by atoms with Crippen molar-refractivity contribution in [3.8, 4) is 0 Å². The van der Waals surface area contributed by atoms with Crippen molar-refractivity contribution in [3.63, 3.8) is 0 Å². The SMILES string of the molecule is CCNS(=O)(=O)c1ccc(/C=C/C(=O)NCCN(CC)C2CC2)cc1. The molecule has 6 nitrogen and oxygen atoms in total. The zero-order valence-corrected chi connectivity index (χ0v) is 15.7. The standard InChI is InChI=1S/C18H27N3O3S/c1-3-20-25(23,24)17-10-5-15(6-11-17)7-12-18(22)19-13-14-21(4-2)16-8-9-16/h5-7,10-12,16,20H,3-4,8-9,13-14H2,1-2H3,(H,19,22)/b12-7+. The molecule has 2 rings (SSSR count). The molecule has 1 amide bonds. The molecule has 0 bridgehead atoms. The van der Waals surface area contributed by atoms with E-state index in [-0.39, 0.29) is 10.8 Å². The number of carbonyl (C=O) groups excluding carboxylic acids is 1. The Hall–Kier alpha value is -1.70. The Kier molecular flexibility index (Phi) is 7.16. The Balaban J connectivity index is 1.81. The maximum absolute atomic E-state index is 11.9. The fourth-order valence-corrected chi connectivity index (χ4v) is 3.66. The highest BCUT2D eigenvalue weighted by Gasteiger charge is 2.27. The molecule has 0 aromatic heterocycles. The molecule has 0 aliphatic heterocycles. The molecule has 2 N–H and O–H groups in total. The molecule has 1 aliphatic rings. The highest BCUT2D eigenvalue weighted by atomic mass is 32.2. The van der Waals surface area contributed by atoms with Crippen LogP contribution in [-0.2, 0) is 14.8 Å². The second-order valence-electron chi connectivity index (χ2n) is 6.05. The van der Waals surface area contributed by atoms with Crippen LogP contribution >= 0.6 is 0 Å². The zero-order chi connectivity index (χ0) is 18.3. The average molecular weight is 365 g/mol. The molecular formula is C18H27N3O3S. The summed E-state index contributed by atoms with van der Waals surface area (Å²) in [5.41, 5.74) is 0.777. The van der Waals surface area contributed by atoms with Crippen molar-refractivity contribution in [2.45, 2.75) is 37.6 Å². The molecule has 0 atom stereocenters. The molecule has 138 valence electrons. The van der Waals surface area contributed by atoms with Gasteiger partial charge in [-0.25, -0.2) is 13.1 Å². The number of likely N-dealkylation sites (N-methyl/N-ethyl adjacent to an activating group) is 1. The first-order chi connectivity index (χ1) is 12.0. The third-order valence-corrected chi connectivity index (χ3v) is 5.68. The maximum atomic E-state index is 11.9. The van der Waals surface area contributed by atoms with E-state index in [9.17, 15) is 13.2 Å². The topological polar surface area (TPSA) is 78.5 Å². The lowest BCUT2D eigenvalue weighted by Crippen LogP contribution is -2.35. The van der Waals surface area contributed by atoms with Crippen LogP contribution in [0.3, 0.4) is 0 Å². The number of nitrogens with one attached hydrogen (secondary N) is 2. The zero-order valence-electron chi connectivity index (χ0n) is 14.9. The summed E-state index contributed by atoms with van der Waals surface area (Å²) < 4.78 is 26.2. The molecular weight excluding hydrogens is 338 g/mol. The first-order valence-electron chi connectivity index (χ1n) is 8.76. The third kappa shape index (κ3) is 6.26. The Labute approximate surface area is 150 Å². The van der Waals surface area contributed by atoms with Crippen LogP contribution in [0.5, 0.6) is 0 Å². The van der Waals surface area contributed by atoms with Crippen molar-refractivity contribution in [1.82, 2.24) is 14.9 Å². The summed E-state index contributed by atoms with van der Waals surface area (Å²) in [4.78, 5) is 14.5. The van der Waals surface area contributed by atoms with Crippen LogP contribution in [0.1, 0.15) is 32.3 Å². The molecule has 0 spiro atoms. The summed E-state index contributed by atoms with van der Waals surface area (Å²) in [5.74, 6) is -0.142. The minimum Gasteiger partial charge on any atom is -0.351 e. The number of hydrogen-bond donors (Lipinski definition) is 2. The van der Waals surface area contributed by atoms with Crippen LogP contribution in [0.25, 0.3) is 6.08 Å². The van der Waals surface area contributed by atoms with Gasteiger partial charge in [0.1, 0.15) is 0 Å². The smallest absolute Gasteiger partial charge is 0.244 e. The van der Waals surface area contributed by atoms with Gasteiger partial charge in [0.25, 0.3) is 0 Å². The van der Waals surface area contributed by atoms with Crippen LogP contribution < -0.4 is 10.0 Å². The van der Waals surface area contributed by atoms with Crippen molar-refractivity contribution in [1.29, 1.82) is 0 Å². The van der Waals surface area contributed by atoms with E-state index in [4.69, 9.17) is 0 Å². The number of sulfonamides is 1. The lowest BCUT2D eigenvalue weighted by atomic mass is 10.2. The summed E-state index contributed by atoms with van der Waals surface area (Å²) in [6, 6.07) is 7.13. The summed E-state index contributed by atoms with van der Waals surface area (Å²) in [6.07, 6.45) is 5.68. The van der Waals surface area contributed by atoms with Gasteiger partial charge in [0, 0.05) is 31.8 Å². The van der Waals surface area contributed by atoms with Gasteiger partial charge >= 0.3 is 0 Å². The van der Waals surface area contributed by atoms with Gasteiger partial charge in [0.15, 0.2) is 0 Å². The van der Waals surface area contributed by atoms with Crippen molar-refractivity contribution < 1.29 is 13.2 Å². The Morgan fingerprint density at radius 1 is 1.24 bits per heavy atom. The Bertz CT molecular complexity index is 695. The van der Waals surface area contributed by atoms with E-state index in [0.717, 1.165) is 18.7 Å². The fourth-order valence-electron chi connectivity index (χ4n) is 2.62. The first-order valence-corrected chi connectivity index (χ1v) is 10.2. The van der Waals surface area contributed by atoms with Crippen LogP contribution in [0.15, 0.2) is 35.2 Å². The predicted octanol–water partition coefficient (Wildman–Crippen LogP) is 1.60. The minimum absolute atomic E-state index is 0.142. The van der Waals surface area contributed by atoms with Crippen molar-refractivity contribution in [3.05, 3.63) is 35.9 Å². The summed E-state index contributed by atoms with van der Waals surface area (Å²) in [5, 5.41) is 2.88. The van der Waals surface area contributed by atoms with Gasteiger partial charge in [0.05, 0.1) is 4.90 Å². The summed E-state index contributed by atoms with van der Waals surface area (Å²) >= 11 is 0. The van der Waals surface area contributed by atoms with Crippen molar-refractivity contribution in [2.75, 3.05) is 26.2 Å². The van der Waals surface area contributed by atoms with E-state index in [1.165, 1.54) is 31.1 Å². The van der Waals surface area contributed by atoms with Gasteiger partial charge < -0.3 is 5.32 Å². The van der Waals surface area contributed by atoms with E-state index < -0.39 is 10.0 Å². The molecule has 0 saturated heterocycles. The molecule has 1 aromatic carbocycles. The number of hydrogen-bond acceptors (Lipinski definition) is 4. The van der Waals surface area contributed by atoms with Gasteiger partial charge in [0.2, 0.25) is 15.9 Å². The molecule has 25 heavy (non-hydrogen) atoms. The molecule has 1 aliphatic carbocycles. The second-order valence-corrected chi connectivity index (χ2v) is 7.82. The lowest BCUT2D eigenvalue weighted by Gasteiger charge is -2.19. The second kappa shape index (κ2) is 9.12. The Morgan fingerprint density at radius 3 is 2.48 bits per heavy atom. The predicted molar refractivity (Wildman–Crippen MR) is 99.6 cm³/mol. The van der Waals surface area contributed by atoms with E-state index >= 15 is 0 Å². The van der Waals surface area contributed by atoms with Crippen LogP contribution in [0.2, 0.25) is 0 Å². The summed E-state index contributed by atoms with van der Waals surface area (Å²) in [7, 11) is -3.44. The van der Waals surface area contributed by atoms with Gasteiger partial charge in [-0.2, -0.15) is 0 Å². The van der Waals surface area contributed by atoms with Crippen LogP contribution in [-0.4, -0.2) is 51.4 Å². The molecule has 1 saturated carbocycles. The molecule has 1 fully saturated rings. The molecule has 7 heteroatoms. The normalized spacial score (nSPS) is 15.0. The molecule has 0 unspecified atom stereocenters. The summed E-state index contributed by atoms with van der Waals surface area (Å²) in [6.45, 7) is 6.74. The average Bonchev–Trinajstić information content (AvgIpc) is 3.42. The van der Waals surface area contributed by atoms with Crippen LogP contribution in [0, 0.1) is 0 Å². The molecule has 0 radical (unpaired) electrons. The number of carbonyl (C=O) groups is 1. The number of nitrogens with zero attached hydrogens (tertiary/aromatic N) is 1. The lowest BCUT2D eigenvalue weighted by molar-refractivity contribution is -0.116. The van der Waals surface area contributed by atoms with Gasteiger partial charge in [-0.15, -0.1) is 0 Å². The number of rotatable bonds is 10. The van der Waals surface area contributed by atoms with Crippen molar-refractivity contribution in [2.24, 2.45) is 0 Å². The first kappa shape index (κ1) is 19.6. The van der Waals surface area contributed by atoms with E-state index in [2.05, 4.69) is 21.9 Å². The highest BCUT2D eigenvalue weighted by Crippen LogP contribution is 2.25. The molecule has 1 aromatic rings. The number of amides is 1. The quantitative estimate of drug-likeness (QED) is 0.618. The van der Waals surface area contributed by atoms with E-state index in [1.807, 2.05) is 0 Å². The van der Waals surface area contributed by atoms with Crippen LogP contribution in [0.4, 0.5) is 0 Å². The van der Waals surface area contributed by atoms with E-state index in [1.54, 1.807) is 25.1 Å². The van der Waals surface area contributed by atoms with Crippen molar-refractivity contribution >= 4 is 22.0 Å². The maximum Gasteiger partial charge on any atom is 0.244 e. The number of benzene rings is 1. The third-order valence-electron chi connectivity index (χ3n) is 4.12.